The lowest BCUT2D eigenvalue weighted by Gasteiger charge is -2.16. The van der Waals surface area contributed by atoms with Crippen molar-refractivity contribution in [2.45, 2.75) is 39.0 Å². The zero-order valence-corrected chi connectivity index (χ0v) is 13.3. The molecule has 1 aliphatic carbocycles. The molecule has 0 atom stereocenters. The van der Waals surface area contributed by atoms with E-state index in [-0.39, 0.29) is 0 Å². The highest BCUT2D eigenvalue weighted by atomic mass is 35.5. The van der Waals surface area contributed by atoms with E-state index in [0.29, 0.717) is 16.6 Å². The third-order valence-electron chi connectivity index (χ3n) is 3.82. The third-order valence-corrected chi connectivity index (χ3v) is 4.23. The lowest BCUT2D eigenvalue weighted by Crippen LogP contribution is -2.32. The molecular weight excluding hydrogens is 302 g/mol. The molecule has 0 spiro atoms. The Labute approximate surface area is 135 Å². The first kappa shape index (κ1) is 16.5. The summed E-state index contributed by atoms with van der Waals surface area (Å²) in [4.78, 5) is 23.5. The highest BCUT2D eigenvalue weighted by Crippen LogP contribution is 2.23. The van der Waals surface area contributed by atoms with E-state index in [0.717, 1.165) is 18.4 Å². The van der Waals surface area contributed by atoms with Gasteiger partial charge in [-0.15, -0.1) is 0 Å². The number of nitrogens with zero attached hydrogens (tertiary/aromatic N) is 1. The van der Waals surface area contributed by atoms with Crippen molar-refractivity contribution in [1.82, 2.24) is 5.43 Å². The number of anilines is 1. The minimum atomic E-state index is -0.786. The fraction of sp³-hybridized carbons (Fsp3) is 0.438. The van der Waals surface area contributed by atoms with E-state index in [9.17, 15) is 9.59 Å². The number of carbonyl (C=O) groups excluding carboxylic acids is 2. The highest BCUT2D eigenvalue weighted by molar-refractivity contribution is 6.40. The monoisotopic (exact) mass is 321 g/mol. The van der Waals surface area contributed by atoms with Crippen LogP contribution in [0, 0.1) is 12.8 Å². The number of hydrazone groups is 1. The highest BCUT2D eigenvalue weighted by Gasteiger charge is 2.15. The first-order valence-corrected chi connectivity index (χ1v) is 7.85. The molecule has 2 amide bonds. The van der Waals surface area contributed by atoms with Gasteiger partial charge in [-0.1, -0.05) is 36.9 Å². The zero-order valence-electron chi connectivity index (χ0n) is 12.6. The van der Waals surface area contributed by atoms with Gasteiger partial charge in [-0.05, 0) is 43.4 Å². The van der Waals surface area contributed by atoms with Crippen molar-refractivity contribution in [3.63, 3.8) is 0 Å². The molecule has 1 aromatic carbocycles. The Morgan fingerprint density at radius 2 is 1.95 bits per heavy atom. The summed E-state index contributed by atoms with van der Waals surface area (Å²) in [7, 11) is 0. The maximum atomic E-state index is 11.8. The summed E-state index contributed by atoms with van der Waals surface area (Å²) in [5, 5.41) is 6.95. The first-order chi connectivity index (χ1) is 10.6. The standard InChI is InChI=1S/C16H20ClN3O2/c1-11-13(17)8-5-9-14(11)19-15(21)16(22)20-18-10-12-6-3-2-4-7-12/h5,8-10,12H,2-4,6-7H2,1H3,(H,19,21)(H,20,22). The molecule has 1 saturated carbocycles. The van der Waals surface area contributed by atoms with Gasteiger partial charge < -0.3 is 5.32 Å². The normalized spacial score (nSPS) is 15.7. The molecule has 0 heterocycles. The van der Waals surface area contributed by atoms with E-state index in [4.69, 9.17) is 11.6 Å². The van der Waals surface area contributed by atoms with Crippen molar-refractivity contribution in [3.8, 4) is 0 Å². The number of amides is 2. The van der Waals surface area contributed by atoms with E-state index >= 15 is 0 Å². The van der Waals surface area contributed by atoms with Crippen molar-refractivity contribution in [3.05, 3.63) is 28.8 Å². The second-order valence-electron chi connectivity index (χ2n) is 5.48. The molecule has 0 aromatic heterocycles. The second-order valence-corrected chi connectivity index (χ2v) is 5.89. The smallest absolute Gasteiger partial charge is 0.317 e. The number of hydrogen-bond donors (Lipinski definition) is 2. The SMILES string of the molecule is Cc1c(Cl)cccc1NC(=O)C(=O)NN=CC1CCCCC1. The van der Waals surface area contributed by atoms with E-state index in [1.807, 2.05) is 0 Å². The van der Waals surface area contributed by atoms with Gasteiger partial charge in [0, 0.05) is 16.9 Å². The van der Waals surface area contributed by atoms with Crippen molar-refractivity contribution in [2.75, 3.05) is 5.32 Å². The number of halogens is 1. The third kappa shape index (κ3) is 4.56. The molecule has 118 valence electrons. The summed E-state index contributed by atoms with van der Waals surface area (Å²) in [6.07, 6.45) is 7.56. The molecule has 1 aromatic rings. The lowest BCUT2D eigenvalue weighted by atomic mass is 9.90. The lowest BCUT2D eigenvalue weighted by molar-refractivity contribution is -0.136. The van der Waals surface area contributed by atoms with Gasteiger partial charge in [-0.3, -0.25) is 9.59 Å². The zero-order chi connectivity index (χ0) is 15.9. The predicted octanol–water partition coefficient (Wildman–Crippen LogP) is 3.27. The molecule has 0 saturated heterocycles. The molecule has 0 aliphatic heterocycles. The van der Waals surface area contributed by atoms with Crippen molar-refractivity contribution in [2.24, 2.45) is 11.0 Å². The molecule has 2 N–H and O–H groups in total. The van der Waals surface area contributed by atoms with Gasteiger partial charge in [-0.25, -0.2) is 5.43 Å². The van der Waals surface area contributed by atoms with E-state index in [2.05, 4.69) is 15.8 Å². The molecule has 2 rings (SSSR count). The number of nitrogens with one attached hydrogen (secondary N) is 2. The maximum absolute atomic E-state index is 11.8. The quantitative estimate of drug-likeness (QED) is 0.509. The van der Waals surface area contributed by atoms with Gasteiger partial charge >= 0.3 is 11.8 Å². The molecule has 1 fully saturated rings. The first-order valence-electron chi connectivity index (χ1n) is 7.47. The van der Waals surface area contributed by atoms with E-state index < -0.39 is 11.8 Å². The molecular formula is C16H20ClN3O2. The number of hydrogen-bond acceptors (Lipinski definition) is 3. The molecule has 0 unspecified atom stereocenters. The summed E-state index contributed by atoms with van der Waals surface area (Å²) >= 11 is 5.97. The Balaban J connectivity index is 1.85. The molecule has 1 aliphatic rings. The van der Waals surface area contributed by atoms with Crippen molar-refractivity contribution < 1.29 is 9.59 Å². The fourth-order valence-electron chi connectivity index (χ4n) is 2.46. The maximum Gasteiger partial charge on any atom is 0.329 e. The van der Waals surface area contributed by atoms with Crippen LogP contribution in [0.5, 0.6) is 0 Å². The topological polar surface area (TPSA) is 70.6 Å². The summed E-state index contributed by atoms with van der Waals surface area (Å²) in [5.74, 6) is -1.15. The van der Waals surface area contributed by atoms with Crippen LogP contribution in [-0.2, 0) is 9.59 Å². The Bertz CT molecular complexity index is 581. The summed E-state index contributed by atoms with van der Waals surface area (Å²) in [6.45, 7) is 1.77. The van der Waals surface area contributed by atoms with Crippen LogP contribution in [0.15, 0.2) is 23.3 Å². The van der Waals surface area contributed by atoms with Crippen LogP contribution < -0.4 is 10.7 Å². The summed E-state index contributed by atoms with van der Waals surface area (Å²) in [5.41, 5.74) is 3.51. The van der Waals surface area contributed by atoms with Gasteiger partial charge in [0.15, 0.2) is 0 Å². The average Bonchev–Trinajstić information content (AvgIpc) is 2.52. The minimum Gasteiger partial charge on any atom is -0.317 e. The molecule has 6 heteroatoms. The largest absolute Gasteiger partial charge is 0.329 e. The average molecular weight is 322 g/mol. The van der Waals surface area contributed by atoms with Crippen LogP contribution in [0.1, 0.15) is 37.7 Å². The van der Waals surface area contributed by atoms with Crippen LogP contribution in [0.2, 0.25) is 5.02 Å². The van der Waals surface area contributed by atoms with Gasteiger partial charge in [0.1, 0.15) is 0 Å². The Morgan fingerprint density at radius 1 is 1.23 bits per heavy atom. The van der Waals surface area contributed by atoms with Crippen molar-refractivity contribution >= 4 is 35.3 Å². The Kier molecular flexibility index (Phi) is 5.95. The number of benzene rings is 1. The molecule has 22 heavy (non-hydrogen) atoms. The second kappa shape index (κ2) is 7.94. The van der Waals surface area contributed by atoms with Crippen LogP contribution in [0.25, 0.3) is 0 Å². The number of rotatable bonds is 3. The Morgan fingerprint density at radius 3 is 2.68 bits per heavy atom. The van der Waals surface area contributed by atoms with Crippen LogP contribution >= 0.6 is 11.6 Å². The van der Waals surface area contributed by atoms with Gasteiger partial charge in [0.05, 0.1) is 0 Å². The molecule has 0 radical (unpaired) electrons. The molecule has 5 nitrogen and oxygen atoms in total. The van der Waals surface area contributed by atoms with Crippen LogP contribution in [-0.4, -0.2) is 18.0 Å². The van der Waals surface area contributed by atoms with Gasteiger partial charge in [0.2, 0.25) is 0 Å². The summed E-state index contributed by atoms with van der Waals surface area (Å²) < 4.78 is 0. The van der Waals surface area contributed by atoms with E-state index in [1.165, 1.54) is 19.3 Å². The Hall–Kier alpha value is -1.88. The van der Waals surface area contributed by atoms with Crippen LogP contribution in [0.4, 0.5) is 5.69 Å². The van der Waals surface area contributed by atoms with E-state index in [1.54, 1.807) is 31.3 Å². The predicted molar refractivity (Wildman–Crippen MR) is 88.0 cm³/mol. The van der Waals surface area contributed by atoms with Gasteiger partial charge in [0.25, 0.3) is 0 Å². The fourth-order valence-corrected chi connectivity index (χ4v) is 2.63. The minimum absolute atomic E-state index is 0.396. The van der Waals surface area contributed by atoms with Crippen LogP contribution in [0.3, 0.4) is 0 Å². The number of carbonyl (C=O) groups is 2. The summed E-state index contributed by atoms with van der Waals surface area (Å²) in [6, 6.07) is 5.13. The van der Waals surface area contributed by atoms with Crippen molar-refractivity contribution in [1.29, 1.82) is 0 Å². The van der Waals surface area contributed by atoms with Gasteiger partial charge in [-0.2, -0.15) is 5.10 Å². The molecule has 0 bridgehead atoms.